The lowest BCUT2D eigenvalue weighted by molar-refractivity contribution is 0.805. The van der Waals surface area contributed by atoms with E-state index in [0.29, 0.717) is 5.02 Å². The summed E-state index contributed by atoms with van der Waals surface area (Å²) < 4.78 is 2.17. The fourth-order valence-electron chi connectivity index (χ4n) is 3.99. The van der Waals surface area contributed by atoms with Crippen molar-refractivity contribution in [1.29, 1.82) is 0 Å². The Balaban J connectivity index is 1.83. The molecule has 5 rings (SSSR count). The number of halogens is 1. The van der Waals surface area contributed by atoms with Crippen molar-refractivity contribution in [3.63, 3.8) is 0 Å². The van der Waals surface area contributed by atoms with Crippen LogP contribution >= 0.6 is 11.6 Å². The molecule has 160 valence electrons. The van der Waals surface area contributed by atoms with Crippen molar-refractivity contribution < 1.29 is 0 Å². The van der Waals surface area contributed by atoms with E-state index in [1.807, 2.05) is 54.9 Å². The number of hydrogen-bond donors (Lipinski definition) is 1. The summed E-state index contributed by atoms with van der Waals surface area (Å²) in [6, 6.07) is 20.3. The molecule has 6 heteroatoms. The first-order valence-electron chi connectivity index (χ1n) is 10.8. The SMILES string of the molecule is CC(C)/N=c1\cc2n(-c3ccccc3Cl)c3ccccc3nc-2cc1NC1=CN=CCC1. The molecule has 0 fully saturated rings. The van der Waals surface area contributed by atoms with Crippen molar-refractivity contribution in [3.05, 3.63) is 82.9 Å². The van der Waals surface area contributed by atoms with E-state index in [1.165, 1.54) is 0 Å². The molecule has 0 atom stereocenters. The third kappa shape index (κ3) is 3.92. The van der Waals surface area contributed by atoms with Crippen LogP contribution in [0.5, 0.6) is 0 Å². The summed E-state index contributed by atoms with van der Waals surface area (Å²) in [6.45, 7) is 4.16. The van der Waals surface area contributed by atoms with Gasteiger partial charge in [0.25, 0.3) is 0 Å². The topological polar surface area (TPSA) is 54.6 Å². The number of aromatic nitrogens is 2. The molecule has 0 saturated heterocycles. The van der Waals surface area contributed by atoms with E-state index in [4.69, 9.17) is 21.6 Å². The summed E-state index contributed by atoms with van der Waals surface area (Å²) in [4.78, 5) is 14.2. The normalized spacial score (nSPS) is 14.4. The van der Waals surface area contributed by atoms with Crippen LogP contribution in [0.1, 0.15) is 26.7 Å². The van der Waals surface area contributed by atoms with Crippen molar-refractivity contribution in [1.82, 2.24) is 9.55 Å². The van der Waals surface area contributed by atoms with Gasteiger partial charge in [-0.25, -0.2) is 4.98 Å². The number of benzene rings is 3. The van der Waals surface area contributed by atoms with Crippen molar-refractivity contribution in [2.24, 2.45) is 9.98 Å². The van der Waals surface area contributed by atoms with Gasteiger partial charge in [0.15, 0.2) is 0 Å². The molecule has 2 heterocycles. The average molecular weight is 442 g/mol. The van der Waals surface area contributed by atoms with Crippen molar-refractivity contribution >= 4 is 34.5 Å². The Hall–Kier alpha value is -3.44. The zero-order chi connectivity index (χ0) is 22.1. The van der Waals surface area contributed by atoms with Crippen LogP contribution in [0.2, 0.25) is 5.02 Å². The van der Waals surface area contributed by atoms with Crippen LogP contribution in [0.25, 0.3) is 28.1 Å². The maximum absolute atomic E-state index is 6.65. The van der Waals surface area contributed by atoms with Gasteiger partial charge >= 0.3 is 0 Å². The lowest BCUT2D eigenvalue weighted by Crippen LogP contribution is -2.18. The molecule has 1 aliphatic carbocycles. The number of anilines is 1. The Kier molecular flexibility index (Phi) is 5.50. The van der Waals surface area contributed by atoms with E-state index in [2.05, 4.69) is 46.9 Å². The molecule has 0 aromatic heterocycles. The maximum atomic E-state index is 6.65. The van der Waals surface area contributed by atoms with Gasteiger partial charge in [-0.05, 0) is 63.1 Å². The van der Waals surface area contributed by atoms with E-state index in [0.717, 1.165) is 57.7 Å². The lowest BCUT2D eigenvalue weighted by Gasteiger charge is -2.21. The third-order valence-electron chi connectivity index (χ3n) is 5.36. The second kappa shape index (κ2) is 8.60. The lowest BCUT2D eigenvalue weighted by atomic mass is 10.1. The smallest absolute Gasteiger partial charge is 0.0900 e. The molecule has 0 radical (unpaired) electrons. The summed E-state index contributed by atoms with van der Waals surface area (Å²) in [5.41, 5.74) is 6.65. The van der Waals surface area contributed by atoms with Crippen LogP contribution in [-0.4, -0.2) is 21.8 Å². The molecule has 2 aromatic rings. The summed E-state index contributed by atoms with van der Waals surface area (Å²) in [5, 5.41) is 5.12. The van der Waals surface area contributed by atoms with E-state index >= 15 is 0 Å². The number of allylic oxidation sites excluding steroid dienone is 1. The van der Waals surface area contributed by atoms with Crippen LogP contribution in [0, 0.1) is 0 Å². The van der Waals surface area contributed by atoms with E-state index in [1.54, 1.807) is 0 Å². The van der Waals surface area contributed by atoms with Gasteiger partial charge in [0.05, 0.1) is 44.2 Å². The highest BCUT2D eigenvalue weighted by atomic mass is 35.5. The molecule has 2 aliphatic heterocycles. The van der Waals surface area contributed by atoms with Crippen LogP contribution in [0.15, 0.2) is 82.5 Å². The zero-order valence-electron chi connectivity index (χ0n) is 18.1. The quantitative estimate of drug-likeness (QED) is 0.383. The Morgan fingerprint density at radius 3 is 2.66 bits per heavy atom. The van der Waals surface area contributed by atoms with Gasteiger partial charge in [0.2, 0.25) is 0 Å². The Morgan fingerprint density at radius 2 is 1.88 bits per heavy atom. The van der Waals surface area contributed by atoms with Crippen molar-refractivity contribution in [2.45, 2.75) is 32.7 Å². The summed E-state index contributed by atoms with van der Waals surface area (Å²) >= 11 is 6.65. The second-order valence-corrected chi connectivity index (χ2v) is 8.53. The first-order chi connectivity index (χ1) is 15.6. The molecule has 0 saturated carbocycles. The molecule has 1 N–H and O–H groups in total. The van der Waals surface area contributed by atoms with Crippen molar-refractivity contribution in [3.8, 4) is 17.1 Å². The minimum Gasteiger partial charge on any atom is -0.356 e. The van der Waals surface area contributed by atoms with Gasteiger partial charge in [-0.2, -0.15) is 0 Å². The van der Waals surface area contributed by atoms with E-state index in [-0.39, 0.29) is 6.04 Å². The minimum absolute atomic E-state index is 0.147. The Morgan fingerprint density at radius 1 is 1.06 bits per heavy atom. The number of nitrogens with one attached hydrogen (secondary N) is 1. The number of hydrogen-bond acceptors (Lipinski definition) is 4. The van der Waals surface area contributed by atoms with E-state index in [9.17, 15) is 0 Å². The van der Waals surface area contributed by atoms with Crippen molar-refractivity contribution in [2.75, 3.05) is 5.32 Å². The molecule has 0 amide bonds. The molecule has 3 aliphatic rings. The van der Waals surface area contributed by atoms with Gasteiger partial charge in [-0.1, -0.05) is 35.9 Å². The maximum Gasteiger partial charge on any atom is 0.0900 e. The second-order valence-electron chi connectivity index (χ2n) is 8.12. The molecule has 2 aromatic carbocycles. The molecule has 0 spiro atoms. The molecule has 32 heavy (non-hydrogen) atoms. The van der Waals surface area contributed by atoms with Crippen LogP contribution in [-0.2, 0) is 0 Å². The number of rotatable bonds is 4. The van der Waals surface area contributed by atoms with Crippen LogP contribution in [0.3, 0.4) is 0 Å². The van der Waals surface area contributed by atoms with Gasteiger partial charge in [0, 0.05) is 24.2 Å². The number of nitrogens with zero attached hydrogens (tertiary/aromatic N) is 4. The molecule has 5 nitrogen and oxygen atoms in total. The largest absolute Gasteiger partial charge is 0.356 e. The summed E-state index contributed by atoms with van der Waals surface area (Å²) in [6.07, 6.45) is 5.67. The fraction of sp³-hybridized carbons (Fsp3) is 0.192. The summed E-state index contributed by atoms with van der Waals surface area (Å²) in [7, 11) is 0. The highest BCUT2D eigenvalue weighted by Gasteiger charge is 2.18. The molecular weight excluding hydrogens is 418 g/mol. The first kappa shape index (κ1) is 20.5. The first-order valence-corrected chi connectivity index (χ1v) is 11.2. The minimum atomic E-state index is 0.147. The predicted molar refractivity (Wildman–Crippen MR) is 133 cm³/mol. The molecule has 0 bridgehead atoms. The fourth-order valence-corrected chi connectivity index (χ4v) is 4.21. The molecule has 0 unspecified atom stereocenters. The summed E-state index contributed by atoms with van der Waals surface area (Å²) in [5.74, 6) is 0. The monoisotopic (exact) mass is 441 g/mol. The van der Waals surface area contributed by atoms with Gasteiger partial charge in [0.1, 0.15) is 0 Å². The Labute approximate surface area is 192 Å². The highest BCUT2D eigenvalue weighted by molar-refractivity contribution is 6.32. The van der Waals surface area contributed by atoms with Gasteiger partial charge in [-0.3, -0.25) is 9.98 Å². The predicted octanol–water partition coefficient (Wildman–Crippen LogP) is 6.21. The number of aliphatic imine (C=N–C) groups is 1. The third-order valence-corrected chi connectivity index (χ3v) is 5.68. The average Bonchev–Trinajstić information content (AvgIpc) is 2.79. The van der Waals surface area contributed by atoms with Gasteiger partial charge < -0.3 is 9.88 Å². The van der Waals surface area contributed by atoms with Crippen LogP contribution in [0.4, 0.5) is 5.69 Å². The zero-order valence-corrected chi connectivity index (χ0v) is 18.8. The molecular formula is C26H24ClN5. The van der Waals surface area contributed by atoms with E-state index < -0.39 is 0 Å². The number of fused-ring (bicyclic) bond motifs is 2. The highest BCUT2D eigenvalue weighted by Crippen LogP contribution is 2.32. The van der Waals surface area contributed by atoms with Gasteiger partial charge in [-0.15, -0.1) is 0 Å². The standard InChI is InChI=1S/C26H24ClN5/c1-17(2)29-22-15-26-23(14-21(22)30-18-8-7-13-28-16-18)31-20-10-4-6-12-25(20)32(26)24-11-5-3-9-19(24)27/h3-6,9-17,30H,7-8H2,1-2H3/b29-22+. The Bertz CT molecular complexity index is 1400. The van der Waals surface area contributed by atoms with Crippen LogP contribution < -0.4 is 10.7 Å². The number of para-hydroxylation sites is 3.